The molecule has 0 atom stereocenters. The van der Waals surface area contributed by atoms with E-state index in [9.17, 15) is 4.79 Å². The van der Waals surface area contributed by atoms with Crippen molar-refractivity contribution in [1.29, 1.82) is 0 Å². The van der Waals surface area contributed by atoms with Crippen molar-refractivity contribution in [2.75, 3.05) is 19.6 Å². The number of piperidine rings is 1. The number of rotatable bonds is 3. The maximum atomic E-state index is 11.7. The van der Waals surface area contributed by atoms with Crippen LogP contribution in [-0.4, -0.2) is 31.7 Å². The fraction of sp³-hybridized carbons (Fsp3) is 0.923. The van der Waals surface area contributed by atoms with Crippen LogP contribution in [0.3, 0.4) is 0 Å². The van der Waals surface area contributed by atoms with Gasteiger partial charge in [-0.3, -0.25) is 0 Å². The number of carbonyl (C=O) groups is 1. The van der Waals surface area contributed by atoms with Gasteiger partial charge in [0.15, 0.2) is 0 Å². The summed E-state index contributed by atoms with van der Waals surface area (Å²) in [5, 5.41) is 9.47. The van der Waals surface area contributed by atoms with Gasteiger partial charge in [-0.05, 0) is 44.2 Å². The van der Waals surface area contributed by atoms with E-state index in [1.165, 1.54) is 12.8 Å². The minimum atomic E-state index is 0.0247. The average Bonchev–Trinajstić information content (AvgIpc) is 2.80. The molecule has 1 aliphatic carbocycles. The molecule has 0 spiro atoms. The minimum absolute atomic E-state index is 0.0247. The predicted octanol–water partition coefficient (Wildman–Crippen LogP) is 1.62. The van der Waals surface area contributed by atoms with Gasteiger partial charge in [0.1, 0.15) is 0 Å². The van der Waals surface area contributed by atoms with E-state index in [-0.39, 0.29) is 11.4 Å². The second-order valence-corrected chi connectivity index (χ2v) is 5.87. The normalized spacial score (nSPS) is 24.5. The SMILES string of the molecule is CC1(CNC(=O)NC2CCCC2)CCNCC1. The Morgan fingerprint density at radius 2 is 1.94 bits per heavy atom. The van der Waals surface area contributed by atoms with Gasteiger partial charge in [0, 0.05) is 12.6 Å². The first-order valence-corrected chi connectivity index (χ1v) is 6.93. The first-order chi connectivity index (χ1) is 8.18. The molecule has 98 valence electrons. The fourth-order valence-corrected chi connectivity index (χ4v) is 2.81. The highest BCUT2D eigenvalue weighted by atomic mass is 16.2. The van der Waals surface area contributed by atoms with Crippen LogP contribution < -0.4 is 16.0 Å². The summed E-state index contributed by atoms with van der Waals surface area (Å²) in [6.45, 7) is 5.21. The molecule has 4 nitrogen and oxygen atoms in total. The third kappa shape index (κ3) is 3.87. The first-order valence-electron chi connectivity index (χ1n) is 6.93. The molecule has 17 heavy (non-hydrogen) atoms. The molecule has 2 amide bonds. The summed E-state index contributed by atoms with van der Waals surface area (Å²) in [7, 11) is 0. The molecular weight excluding hydrogens is 214 g/mol. The third-order valence-electron chi connectivity index (χ3n) is 4.18. The summed E-state index contributed by atoms with van der Waals surface area (Å²) >= 11 is 0. The van der Waals surface area contributed by atoms with Crippen LogP contribution in [0.15, 0.2) is 0 Å². The highest BCUT2D eigenvalue weighted by Gasteiger charge is 2.27. The van der Waals surface area contributed by atoms with E-state index in [1.54, 1.807) is 0 Å². The standard InChI is InChI=1S/C13H25N3O/c1-13(6-8-14-9-7-13)10-15-12(17)16-11-4-2-3-5-11/h11,14H,2-10H2,1H3,(H2,15,16,17). The van der Waals surface area contributed by atoms with Crippen LogP contribution in [0, 0.1) is 5.41 Å². The number of hydrogen-bond donors (Lipinski definition) is 3. The maximum absolute atomic E-state index is 11.7. The van der Waals surface area contributed by atoms with Gasteiger partial charge in [-0.2, -0.15) is 0 Å². The van der Waals surface area contributed by atoms with Gasteiger partial charge in [-0.25, -0.2) is 4.79 Å². The van der Waals surface area contributed by atoms with Gasteiger partial charge in [-0.15, -0.1) is 0 Å². The molecule has 0 aromatic rings. The number of amides is 2. The average molecular weight is 239 g/mol. The molecule has 4 heteroatoms. The molecule has 0 aromatic carbocycles. The van der Waals surface area contributed by atoms with Crippen molar-refractivity contribution in [3.63, 3.8) is 0 Å². The zero-order valence-corrected chi connectivity index (χ0v) is 10.8. The maximum Gasteiger partial charge on any atom is 0.315 e. The van der Waals surface area contributed by atoms with Crippen molar-refractivity contribution in [2.45, 2.75) is 51.5 Å². The smallest absolute Gasteiger partial charge is 0.315 e. The zero-order chi connectivity index (χ0) is 12.1. The van der Waals surface area contributed by atoms with Crippen molar-refractivity contribution >= 4 is 6.03 Å². The van der Waals surface area contributed by atoms with E-state index in [0.29, 0.717) is 6.04 Å². The Morgan fingerprint density at radius 3 is 2.59 bits per heavy atom. The number of urea groups is 1. The van der Waals surface area contributed by atoms with E-state index in [0.717, 1.165) is 45.3 Å². The molecule has 0 unspecified atom stereocenters. The van der Waals surface area contributed by atoms with Crippen molar-refractivity contribution in [1.82, 2.24) is 16.0 Å². The van der Waals surface area contributed by atoms with Gasteiger partial charge in [0.05, 0.1) is 0 Å². The largest absolute Gasteiger partial charge is 0.338 e. The molecule has 2 rings (SSSR count). The van der Waals surface area contributed by atoms with Crippen LogP contribution >= 0.6 is 0 Å². The molecule has 2 aliphatic rings. The molecule has 3 N–H and O–H groups in total. The van der Waals surface area contributed by atoms with E-state index >= 15 is 0 Å². The Bertz CT molecular complexity index is 255. The van der Waals surface area contributed by atoms with Crippen LogP contribution in [0.2, 0.25) is 0 Å². The summed E-state index contributed by atoms with van der Waals surface area (Å²) in [4.78, 5) is 11.7. The highest BCUT2D eigenvalue weighted by molar-refractivity contribution is 5.74. The van der Waals surface area contributed by atoms with E-state index < -0.39 is 0 Å². The fourth-order valence-electron chi connectivity index (χ4n) is 2.81. The second-order valence-electron chi connectivity index (χ2n) is 5.87. The van der Waals surface area contributed by atoms with Gasteiger partial charge in [0.2, 0.25) is 0 Å². The summed E-state index contributed by atoms with van der Waals surface area (Å²) < 4.78 is 0. The minimum Gasteiger partial charge on any atom is -0.338 e. The summed E-state index contributed by atoms with van der Waals surface area (Å²) in [6.07, 6.45) is 7.11. The van der Waals surface area contributed by atoms with Crippen molar-refractivity contribution in [2.24, 2.45) is 5.41 Å². The van der Waals surface area contributed by atoms with Crippen LogP contribution in [0.25, 0.3) is 0 Å². The Kier molecular flexibility index (Phi) is 4.26. The van der Waals surface area contributed by atoms with Crippen molar-refractivity contribution < 1.29 is 4.79 Å². The molecular formula is C13H25N3O. The molecule has 0 radical (unpaired) electrons. The van der Waals surface area contributed by atoms with E-state index in [1.807, 2.05) is 0 Å². The Morgan fingerprint density at radius 1 is 1.29 bits per heavy atom. The lowest BCUT2D eigenvalue weighted by atomic mass is 9.81. The van der Waals surface area contributed by atoms with E-state index in [4.69, 9.17) is 0 Å². The van der Waals surface area contributed by atoms with Crippen molar-refractivity contribution in [3.8, 4) is 0 Å². The van der Waals surface area contributed by atoms with Gasteiger partial charge in [0.25, 0.3) is 0 Å². The first kappa shape index (κ1) is 12.7. The van der Waals surface area contributed by atoms with Crippen LogP contribution in [0.5, 0.6) is 0 Å². The topological polar surface area (TPSA) is 53.2 Å². The lowest BCUT2D eigenvalue weighted by molar-refractivity contribution is 0.205. The zero-order valence-electron chi connectivity index (χ0n) is 10.8. The van der Waals surface area contributed by atoms with Crippen LogP contribution in [-0.2, 0) is 0 Å². The monoisotopic (exact) mass is 239 g/mol. The van der Waals surface area contributed by atoms with Gasteiger partial charge in [-0.1, -0.05) is 19.8 Å². The second kappa shape index (κ2) is 5.71. The number of nitrogens with one attached hydrogen (secondary N) is 3. The molecule has 1 aliphatic heterocycles. The van der Waals surface area contributed by atoms with Crippen LogP contribution in [0.1, 0.15) is 45.4 Å². The van der Waals surface area contributed by atoms with E-state index in [2.05, 4.69) is 22.9 Å². The lowest BCUT2D eigenvalue weighted by Gasteiger charge is -2.34. The predicted molar refractivity (Wildman–Crippen MR) is 69.0 cm³/mol. The molecule has 2 fully saturated rings. The Balaban J connectivity index is 1.67. The number of carbonyl (C=O) groups excluding carboxylic acids is 1. The number of hydrogen-bond acceptors (Lipinski definition) is 2. The Hall–Kier alpha value is -0.770. The third-order valence-corrected chi connectivity index (χ3v) is 4.18. The highest BCUT2D eigenvalue weighted by Crippen LogP contribution is 2.26. The summed E-state index contributed by atoms with van der Waals surface area (Å²) in [5.74, 6) is 0. The quantitative estimate of drug-likeness (QED) is 0.701. The molecule has 1 heterocycles. The molecule has 0 bridgehead atoms. The summed E-state index contributed by atoms with van der Waals surface area (Å²) in [6, 6.07) is 0.437. The molecule has 1 saturated carbocycles. The van der Waals surface area contributed by atoms with Gasteiger partial charge < -0.3 is 16.0 Å². The molecule has 0 aromatic heterocycles. The molecule has 1 saturated heterocycles. The lowest BCUT2D eigenvalue weighted by Crippen LogP contribution is -2.47. The van der Waals surface area contributed by atoms with Crippen LogP contribution in [0.4, 0.5) is 4.79 Å². The summed E-state index contributed by atoms with van der Waals surface area (Å²) in [5.41, 5.74) is 0.276. The Labute approximate surface area is 104 Å². The van der Waals surface area contributed by atoms with Gasteiger partial charge >= 0.3 is 6.03 Å². The van der Waals surface area contributed by atoms with Crippen molar-refractivity contribution in [3.05, 3.63) is 0 Å².